The van der Waals surface area contributed by atoms with E-state index in [0.717, 1.165) is 24.5 Å². The Balaban J connectivity index is 1.86. The molecule has 18 heavy (non-hydrogen) atoms. The van der Waals surface area contributed by atoms with Gasteiger partial charge in [-0.25, -0.2) is 4.98 Å². The van der Waals surface area contributed by atoms with Gasteiger partial charge in [-0.2, -0.15) is 0 Å². The molecule has 2 fully saturated rings. The number of halogens is 1. The highest BCUT2D eigenvalue weighted by Gasteiger charge is 2.35. The lowest BCUT2D eigenvalue weighted by atomic mass is 10.1. The van der Waals surface area contributed by atoms with Crippen LogP contribution in [0.2, 0.25) is 0 Å². The highest BCUT2D eigenvalue weighted by Crippen LogP contribution is 2.29. The Morgan fingerprint density at radius 3 is 3.17 bits per heavy atom. The topological polar surface area (TPSA) is 19.4 Å². The molecule has 2 unspecified atom stereocenters. The normalized spacial score (nSPS) is 28.4. The summed E-state index contributed by atoms with van der Waals surface area (Å²) in [7, 11) is 0. The Hall–Kier alpha value is -0.800. The maximum absolute atomic E-state index is 6.03. The zero-order valence-corrected chi connectivity index (χ0v) is 11.6. The fraction of sp³-hybridized carbons (Fsp3) is 0.643. The van der Waals surface area contributed by atoms with E-state index in [2.05, 4.69) is 27.8 Å². The predicted molar refractivity (Wildman–Crippen MR) is 75.2 cm³/mol. The van der Waals surface area contributed by atoms with E-state index < -0.39 is 0 Å². The number of pyridine rings is 1. The third-order valence-corrected chi connectivity index (χ3v) is 4.51. The average Bonchev–Trinajstić information content (AvgIpc) is 2.84. The molecule has 0 radical (unpaired) electrons. The molecule has 0 aliphatic carbocycles. The third-order valence-electron chi connectivity index (χ3n) is 4.22. The van der Waals surface area contributed by atoms with Crippen LogP contribution < -0.4 is 4.90 Å². The first kappa shape index (κ1) is 12.2. The van der Waals surface area contributed by atoms with Crippen LogP contribution in [0.3, 0.4) is 0 Å². The van der Waals surface area contributed by atoms with E-state index in [1.165, 1.54) is 19.4 Å². The molecule has 3 rings (SSSR count). The Bertz CT molecular complexity index is 423. The van der Waals surface area contributed by atoms with Crippen LogP contribution in [0.5, 0.6) is 0 Å². The van der Waals surface area contributed by atoms with E-state index >= 15 is 0 Å². The predicted octanol–water partition coefficient (Wildman–Crippen LogP) is 2.49. The van der Waals surface area contributed by atoms with Crippen molar-refractivity contribution < 1.29 is 0 Å². The molecule has 0 amide bonds. The summed E-state index contributed by atoms with van der Waals surface area (Å²) in [4.78, 5) is 9.64. The number of anilines is 1. The van der Waals surface area contributed by atoms with E-state index in [1.807, 2.05) is 12.3 Å². The number of alkyl halides is 1. The van der Waals surface area contributed by atoms with E-state index in [4.69, 9.17) is 11.6 Å². The number of hydrogen-bond donors (Lipinski definition) is 0. The van der Waals surface area contributed by atoms with Gasteiger partial charge in [-0.1, -0.05) is 6.07 Å². The highest BCUT2D eigenvalue weighted by atomic mass is 35.5. The fourth-order valence-electron chi connectivity index (χ4n) is 3.28. The molecule has 2 aliphatic rings. The van der Waals surface area contributed by atoms with E-state index in [9.17, 15) is 0 Å². The van der Waals surface area contributed by atoms with Crippen LogP contribution in [0.25, 0.3) is 0 Å². The first-order valence-electron chi connectivity index (χ1n) is 6.80. The van der Waals surface area contributed by atoms with Gasteiger partial charge < -0.3 is 4.90 Å². The zero-order chi connectivity index (χ0) is 12.5. The fourth-order valence-corrected chi connectivity index (χ4v) is 3.48. The first-order chi connectivity index (χ1) is 8.79. The lowest BCUT2D eigenvalue weighted by Gasteiger charge is -2.43. The molecular formula is C14H20ClN3. The minimum atomic E-state index is 0.524. The third kappa shape index (κ3) is 2.10. The Kier molecular flexibility index (Phi) is 3.44. The number of rotatable bonds is 2. The molecule has 2 saturated heterocycles. The van der Waals surface area contributed by atoms with Crippen molar-refractivity contribution in [2.24, 2.45) is 0 Å². The summed E-state index contributed by atoms with van der Waals surface area (Å²) in [5.74, 6) is 1.63. The summed E-state index contributed by atoms with van der Waals surface area (Å²) >= 11 is 6.03. The molecule has 0 N–H and O–H groups in total. The van der Waals surface area contributed by atoms with Crippen molar-refractivity contribution in [3.05, 3.63) is 23.9 Å². The second kappa shape index (κ2) is 5.06. The molecule has 0 aromatic carbocycles. The first-order valence-corrected chi connectivity index (χ1v) is 7.33. The van der Waals surface area contributed by atoms with Crippen molar-refractivity contribution in [2.45, 2.75) is 37.7 Å². The molecule has 0 bridgehead atoms. The maximum atomic E-state index is 6.03. The van der Waals surface area contributed by atoms with Crippen molar-refractivity contribution in [1.82, 2.24) is 9.88 Å². The van der Waals surface area contributed by atoms with Gasteiger partial charge in [0.25, 0.3) is 0 Å². The van der Waals surface area contributed by atoms with Gasteiger partial charge in [-0.05, 0) is 32.4 Å². The summed E-state index contributed by atoms with van der Waals surface area (Å²) in [6, 6.07) is 5.29. The number of fused-ring (bicyclic) bond motifs is 1. The van der Waals surface area contributed by atoms with E-state index in [1.54, 1.807) is 0 Å². The van der Waals surface area contributed by atoms with Gasteiger partial charge in [-0.3, -0.25) is 4.90 Å². The second-order valence-electron chi connectivity index (χ2n) is 5.41. The van der Waals surface area contributed by atoms with Gasteiger partial charge in [0.15, 0.2) is 0 Å². The molecule has 4 heteroatoms. The Labute approximate surface area is 114 Å². The molecule has 1 aromatic heterocycles. The van der Waals surface area contributed by atoms with Crippen LogP contribution in [-0.4, -0.2) is 41.6 Å². The minimum Gasteiger partial charge on any atom is -0.351 e. The van der Waals surface area contributed by atoms with Crippen LogP contribution in [0.4, 0.5) is 5.82 Å². The average molecular weight is 266 g/mol. The lowest BCUT2D eigenvalue weighted by molar-refractivity contribution is 0.202. The zero-order valence-electron chi connectivity index (χ0n) is 10.8. The minimum absolute atomic E-state index is 0.524. The summed E-state index contributed by atoms with van der Waals surface area (Å²) in [6.07, 6.45) is 4.54. The van der Waals surface area contributed by atoms with Crippen LogP contribution in [-0.2, 0) is 5.88 Å². The molecule has 0 saturated carbocycles. The maximum Gasteiger partial charge on any atom is 0.133 e. The number of piperazine rings is 1. The molecule has 1 aromatic rings. The summed E-state index contributed by atoms with van der Waals surface area (Å²) in [5.41, 5.74) is 1.15. The van der Waals surface area contributed by atoms with Gasteiger partial charge in [0.05, 0.1) is 5.88 Å². The molecule has 3 heterocycles. The van der Waals surface area contributed by atoms with Crippen molar-refractivity contribution in [1.29, 1.82) is 0 Å². The number of nitrogens with zero attached hydrogens (tertiary/aromatic N) is 3. The van der Waals surface area contributed by atoms with Gasteiger partial charge in [0.1, 0.15) is 5.82 Å². The standard InChI is InChI=1S/C14H20ClN3/c1-11-9-17-7-3-5-13(17)10-18(11)14-12(8-15)4-2-6-16-14/h2,4,6,11,13H,3,5,7-10H2,1H3. The molecule has 3 nitrogen and oxygen atoms in total. The van der Waals surface area contributed by atoms with Crippen molar-refractivity contribution >= 4 is 17.4 Å². The van der Waals surface area contributed by atoms with Crippen LogP contribution in [0.15, 0.2) is 18.3 Å². The van der Waals surface area contributed by atoms with Gasteiger partial charge in [-0.15, -0.1) is 11.6 Å². The molecule has 98 valence electrons. The van der Waals surface area contributed by atoms with Crippen molar-refractivity contribution in [3.63, 3.8) is 0 Å². The van der Waals surface area contributed by atoms with Crippen LogP contribution in [0.1, 0.15) is 25.3 Å². The Morgan fingerprint density at radius 2 is 2.33 bits per heavy atom. The van der Waals surface area contributed by atoms with Crippen LogP contribution >= 0.6 is 11.6 Å². The lowest BCUT2D eigenvalue weighted by Crippen LogP contribution is -2.55. The van der Waals surface area contributed by atoms with E-state index in [0.29, 0.717) is 18.0 Å². The molecule has 2 atom stereocenters. The van der Waals surface area contributed by atoms with Gasteiger partial charge >= 0.3 is 0 Å². The number of hydrogen-bond acceptors (Lipinski definition) is 3. The van der Waals surface area contributed by atoms with Crippen LogP contribution in [0, 0.1) is 0 Å². The SMILES string of the molecule is CC1CN2CCCC2CN1c1ncccc1CCl. The van der Waals surface area contributed by atoms with Gasteiger partial charge in [0.2, 0.25) is 0 Å². The monoisotopic (exact) mass is 265 g/mol. The molecule has 2 aliphatic heterocycles. The second-order valence-corrected chi connectivity index (χ2v) is 5.68. The van der Waals surface area contributed by atoms with Crippen molar-refractivity contribution in [3.8, 4) is 0 Å². The van der Waals surface area contributed by atoms with Gasteiger partial charge in [0, 0.05) is 36.9 Å². The smallest absolute Gasteiger partial charge is 0.133 e. The quantitative estimate of drug-likeness (QED) is 0.766. The highest BCUT2D eigenvalue weighted by molar-refractivity contribution is 6.17. The van der Waals surface area contributed by atoms with E-state index in [-0.39, 0.29) is 0 Å². The summed E-state index contributed by atoms with van der Waals surface area (Å²) in [6.45, 7) is 5.82. The molecule has 0 spiro atoms. The summed E-state index contributed by atoms with van der Waals surface area (Å²) in [5, 5.41) is 0. The number of aromatic nitrogens is 1. The summed E-state index contributed by atoms with van der Waals surface area (Å²) < 4.78 is 0. The van der Waals surface area contributed by atoms with Crippen molar-refractivity contribution in [2.75, 3.05) is 24.5 Å². The molecular weight excluding hydrogens is 246 g/mol. The largest absolute Gasteiger partial charge is 0.351 e. The Morgan fingerprint density at radius 1 is 1.44 bits per heavy atom.